The SMILES string of the molecule is CC(C)Cc1nnc(NC(=O)NC2CCCCC2O)s1. The first-order valence-electron chi connectivity index (χ1n) is 7.12. The number of carbonyl (C=O) groups is 1. The molecule has 2 rings (SSSR count). The Balaban J connectivity index is 1.83. The summed E-state index contributed by atoms with van der Waals surface area (Å²) in [6.45, 7) is 4.23. The fourth-order valence-corrected chi connectivity index (χ4v) is 3.26. The number of aliphatic hydroxyl groups excluding tert-OH is 1. The number of nitrogens with one attached hydrogen (secondary N) is 2. The highest BCUT2D eigenvalue weighted by atomic mass is 32.1. The van der Waals surface area contributed by atoms with Crippen molar-refractivity contribution in [3.8, 4) is 0 Å². The van der Waals surface area contributed by atoms with E-state index in [0.29, 0.717) is 11.0 Å². The molecule has 1 aromatic rings. The second-order valence-electron chi connectivity index (χ2n) is 5.66. The standard InChI is InChI=1S/C13H22N4O2S/c1-8(2)7-11-16-17-13(20-11)15-12(19)14-9-5-3-4-6-10(9)18/h8-10,18H,3-7H2,1-2H3,(H2,14,15,17,19). The molecule has 20 heavy (non-hydrogen) atoms. The van der Waals surface area contributed by atoms with E-state index in [0.717, 1.165) is 37.1 Å². The molecule has 1 aliphatic carbocycles. The van der Waals surface area contributed by atoms with E-state index in [1.54, 1.807) is 0 Å². The third-order valence-electron chi connectivity index (χ3n) is 3.32. The number of anilines is 1. The van der Waals surface area contributed by atoms with Crippen molar-refractivity contribution in [1.29, 1.82) is 0 Å². The van der Waals surface area contributed by atoms with Crippen LogP contribution in [0.1, 0.15) is 44.5 Å². The smallest absolute Gasteiger partial charge is 0.321 e. The summed E-state index contributed by atoms with van der Waals surface area (Å²) < 4.78 is 0. The summed E-state index contributed by atoms with van der Waals surface area (Å²) in [6.07, 6.45) is 4.06. The zero-order valence-corrected chi connectivity index (χ0v) is 12.7. The third-order valence-corrected chi connectivity index (χ3v) is 4.18. The summed E-state index contributed by atoms with van der Waals surface area (Å²) in [7, 11) is 0. The average Bonchev–Trinajstić information content (AvgIpc) is 2.78. The Labute approximate surface area is 123 Å². The van der Waals surface area contributed by atoms with E-state index in [1.807, 2.05) is 0 Å². The zero-order chi connectivity index (χ0) is 14.5. The fourth-order valence-electron chi connectivity index (χ4n) is 2.32. The highest BCUT2D eigenvalue weighted by Gasteiger charge is 2.24. The van der Waals surface area contributed by atoms with Crippen molar-refractivity contribution in [1.82, 2.24) is 15.5 Å². The molecule has 1 saturated carbocycles. The van der Waals surface area contributed by atoms with Crippen LogP contribution in [-0.2, 0) is 6.42 Å². The number of aromatic nitrogens is 2. The van der Waals surface area contributed by atoms with Gasteiger partial charge in [-0.1, -0.05) is 38.0 Å². The van der Waals surface area contributed by atoms with Crippen molar-refractivity contribution in [2.24, 2.45) is 5.92 Å². The van der Waals surface area contributed by atoms with Crippen molar-refractivity contribution in [3.05, 3.63) is 5.01 Å². The molecule has 0 spiro atoms. The largest absolute Gasteiger partial charge is 0.391 e. The summed E-state index contributed by atoms with van der Waals surface area (Å²) in [5.41, 5.74) is 0. The van der Waals surface area contributed by atoms with Crippen molar-refractivity contribution in [2.75, 3.05) is 5.32 Å². The molecule has 1 aromatic heterocycles. The Morgan fingerprint density at radius 3 is 2.85 bits per heavy atom. The maximum Gasteiger partial charge on any atom is 0.321 e. The van der Waals surface area contributed by atoms with Gasteiger partial charge in [0.25, 0.3) is 0 Å². The van der Waals surface area contributed by atoms with Crippen LogP contribution >= 0.6 is 11.3 Å². The number of hydrogen-bond acceptors (Lipinski definition) is 5. The number of carbonyl (C=O) groups excluding carboxylic acids is 1. The predicted molar refractivity (Wildman–Crippen MR) is 78.9 cm³/mol. The van der Waals surface area contributed by atoms with E-state index >= 15 is 0 Å². The Kier molecular flexibility index (Phi) is 5.31. The monoisotopic (exact) mass is 298 g/mol. The van der Waals surface area contributed by atoms with Gasteiger partial charge in [-0.3, -0.25) is 5.32 Å². The van der Waals surface area contributed by atoms with Crippen LogP contribution in [0.5, 0.6) is 0 Å². The van der Waals surface area contributed by atoms with Gasteiger partial charge in [-0.25, -0.2) is 4.79 Å². The van der Waals surface area contributed by atoms with E-state index in [9.17, 15) is 9.90 Å². The number of hydrogen-bond donors (Lipinski definition) is 3. The second-order valence-corrected chi connectivity index (χ2v) is 6.72. The Morgan fingerprint density at radius 2 is 2.15 bits per heavy atom. The van der Waals surface area contributed by atoms with Crippen molar-refractivity contribution in [2.45, 2.75) is 58.1 Å². The summed E-state index contributed by atoms with van der Waals surface area (Å²) in [5.74, 6) is 0.516. The first-order valence-corrected chi connectivity index (χ1v) is 7.94. The second kappa shape index (κ2) is 6.99. The summed E-state index contributed by atoms with van der Waals surface area (Å²) in [5, 5.41) is 24.7. The minimum atomic E-state index is -0.444. The van der Waals surface area contributed by atoms with Gasteiger partial charge < -0.3 is 10.4 Å². The van der Waals surface area contributed by atoms with E-state index < -0.39 is 6.10 Å². The quantitative estimate of drug-likeness (QED) is 0.795. The molecule has 1 aliphatic rings. The molecule has 7 heteroatoms. The van der Waals surface area contributed by atoms with Crippen LogP contribution in [0.2, 0.25) is 0 Å². The summed E-state index contributed by atoms with van der Waals surface area (Å²) >= 11 is 1.40. The Bertz CT molecular complexity index is 449. The van der Waals surface area contributed by atoms with Crippen LogP contribution in [0, 0.1) is 5.92 Å². The van der Waals surface area contributed by atoms with Gasteiger partial charge >= 0.3 is 6.03 Å². The lowest BCUT2D eigenvalue weighted by molar-refractivity contribution is 0.0955. The fraction of sp³-hybridized carbons (Fsp3) is 0.769. The van der Waals surface area contributed by atoms with E-state index in [4.69, 9.17) is 0 Å². The molecule has 1 fully saturated rings. The normalized spacial score (nSPS) is 22.8. The van der Waals surface area contributed by atoms with Crippen LogP contribution < -0.4 is 10.6 Å². The molecule has 6 nitrogen and oxygen atoms in total. The number of aliphatic hydroxyl groups is 1. The Hall–Kier alpha value is -1.21. The van der Waals surface area contributed by atoms with Gasteiger partial charge in [-0.05, 0) is 18.8 Å². The molecule has 0 saturated heterocycles. The van der Waals surface area contributed by atoms with E-state index in [2.05, 4.69) is 34.7 Å². The highest BCUT2D eigenvalue weighted by molar-refractivity contribution is 7.15. The van der Waals surface area contributed by atoms with Gasteiger partial charge in [-0.15, -0.1) is 10.2 Å². The van der Waals surface area contributed by atoms with E-state index in [1.165, 1.54) is 11.3 Å². The van der Waals surface area contributed by atoms with Crippen molar-refractivity contribution >= 4 is 22.5 Å². The van der Waals surface area contributed by atoms with Gasteiger partial charge in [0.1, 0.15) is 5.01 Å². The molecule has 0 aliphatic heterocycles. The van der Waals surface area contributed by atoms with Crippen molar-refractivity contribution in [3.63, 3.8) is 0 Å². The zero-order valence-electron chi connectivity index (χ0n) is 11.9. The lowest BCUT2D eigenvalue weighted by Crippen LogP contribution is -2.46. The van der Waals surface area contributed by atoms with Crippen LogP contribution in [0.15, 0.2) is 0 Å². The minimum absolute atomic E-state index is 0.160. The molecule has 0 bridgehead atoms. The predicted octanol–water partition coefficient (Wildman–Crippen LogP) is 2.16. The number of rotatable bonds is 4. The summed E-state index contributed by atoms with van der Waals surface area (Å²) in [6, 6.07) is -0.477. The molecule has 2 atom stereocenters. The molecule has 2 amide bonds. The van der Waals surface area contributed by atoms with Gasteiger partial charge in [0.05, 0.1) is 12.1 Å². The first-order chi connectivity index (χ1) is 9.54. The van der Waals surface area contributed by atoms with Gasteiger partial charge in [-0.2, -0.15) is 0 Å². The number of nitrogens with zero attached hydrogens (tertiary/aromatic N) is 2. The van der Waals surface area contributed by atoms with Gasteiger partial charge in [0.15, 0.2) is 0 Å². The maximum absolute atomic E-state index is 11.9. The average molecular weight is 298 g/mol. The summed E-state index contributed by atoms with van der Waals surface area (Å²) in [4.78, 5) is 11.9. The molecule has 1 heterocycles. The third kappa shape index (κ3) is 4.42. The van der Waals surface area contributed by atoms with Gasteiger partial charge in [0.2, 0.25) is 5.13 Å². The van der Waals surface area contributed by atoms with Crippen molar-refractivity contribution < 1.29 is 9.90 Å². The highest BCUT2D eigenvalue weighted by Crippen LogP contribution is 2.20. The topological polar surface area (TPSA) is 87.1 Å². The maximum atomic E-state index is 11.9. The van der Waals surface area contributed by atoms with Crippen LogP contribution in [0.3, 0.4) is 0 Å². The molecule has 0 aromatic carbocycles. The lowest BCUT2D eigenvalue weighted by Gasteiger charge is -2.28. The van der Waals surface area contributed by atoms with Crippen LogP contribution in [-0.4, -0.2) is 33.5 Å². The molecule has 2 unspecified atom stereocenters. The first kappa shape index (κ1) is 15.2. The minimum Gasteiger partial charge on any atom is -0.391 e. The number of urea groups is 1. The Morgan fingerprint density at radius 1 is 1.40 bits per heavy atom. The molecular weight excluding hydrogens is 276 g/mol. The number of amides is 2. The van der Waals surface area contributed by atoms with Crippen LogP contribution in [0.4, 0.5) is 9.93 Å². The molecular formula is C13H22N4O2S. The van der Waals surface area contributed by atoms with E-state index in [-0.39, 0.29) is 12.1 Å². The lowest BCUT2D eigenvalue weighted by atomic mass is 9.93. The van der Waals surface area contributed by atoms with Crippen LogP contribution in [0.25, 0.3) is 0 Å². The molecule has 0 radical (unpaired) electrons. The molecule has 112 valence electrons. The molecule has 3 N–H and O–H groups in total. The van der Waals surface area contributed by atoms with Gasteiger partial charge in [0, 0.05) is 6.42 Å².